The number of benzene rings is 2. The Morgan fingerprint density at radius 2 is 1.76 bits per heavy atom. The Bertz CT molecular complexity index is 1490. The number of ether oxygens (including phenoxy) is 1. The molecule has 0 radical (unpaired) electrons. The van der Waals surface area contributed by atoms with E-state index in [1.165, 1.54) is 32.4 Å². The second-order valence-electron chi connectivity index (χ2n) is 10.1. The van der Waals surface area contributed by atoms with Crippen LogP contribution < -0.4 is 10.1 Å². The van der Waals surface area contributed by atoms with Crippen molar-refractivity contribution in [1.82, 2.24) is 14.8 Å². The summed E-state index contributed by atoms with van der Waals surface area (Å²) in [5.41, 5.74) is 2.29. The first-order valence-corrected chi connectivity index (χ1v) is 13.2. The van der Waals surface area contributed by atoms with Crippen LogP contribution in [0.1, 0.15) is 48.4 Å². The van der Waals surface area contributed by atoms with Gasteiger partial charge in [-0.2, -0.15) is 0 Å². The zero-order chi connectivity index (χ0) is 26.1. The number of hydrogen-bond donors (Lipinski definition) is 2. The number of nitrogens with one attached hydrogen (secondary N) is 2. The number of aromatic nitrogens is 1. The fourth-order valence-corrected chi connectivity index (χ4v) is 5.60. The van der Waals surface area contributed by atoms with Gasteiger partial charge in [0.15, 0.2) is 5.76 Å². The molecule has 4 aromatic rings. The molecule has 6 rings (SSSR count). The molecule has 2 aromatic carbocycles. The molecule has 2 fully saturated rings. The summed E-state index contributed by atoms with van der Waals surface area (Å²) in [6.07, 6.45) is 6.10. The monoisotopic (exact) mass is 514 g/mol. The van der Waals surface area contributed by atoms with Gasteiger partial charge in [-0.25, -0.2) is 4.79 Å². The van der Waals surface area contributed by atoms with Gasteiger partial charge in [-0.3, -0.25) is 9.59 Å². The van der Waals surface area contributed by atoms with Crippen molar-refractivity contribution in [2.24, 2.45) is 0 Å². The quantitative estimate of drug-likeness (QED) is 0.272. The summed E-state index contributed by atoms with van der Waals surface area (Å²) >= 11 is 0. The largest absolute Gasteiger partial charge is 0.453 e. The molecule has 0 unspecified atom stereocenters. The summed E-state index contributed by atoms with van der Waals surface area (Å²) in [7, 11) is 0. The SMILES string of the molecule is O=CNc1ccc2oc(C(=O)c3cc4cc(OC(=O)N5CCC(N6CCCCC6)CC5)ccc4[nH]3)cc2c1. The second kappa shape index (κ2) is 10.3. The third-order valence-electron chi connectivity index (χ3n) is 7.64. The van der Waals surface area contributed by atoms with Crippen LogP contribution in [0, 0.1) is 0 Å². The first-order chi connectivity index (χ1) is 18.6. The predicted octanol–water partition coefficient (Wildman–Crippen LogP) is 5.16. The molecule has 0 atom stereocenters. The maximum atomic E-state index is 13.1. The van der Waals surface area contributed by atoms with Gasteiger partial charge < -0.3 is 29.3 Å². The van der Waals surface area contributed by atoms with Crippen molar-refractivity contribution in [3.63, 3.8) is 0 Å². The Kier molecular flexibility index (Phi) is 6.59. The molecule has 196 valence electrons. The van der Waals surface area contributed by atoms with Crippen molar-refractivity contribution in [3.8, 4) is 5.75 Å². The molecule has 2 saturated heterocycles. The number of anilines is 1. The number of carbonyl (C=O) groups excluding carboxylic acids is 3. The number of furan rings is 1. The van der Waals surface area contributed by atoms with Gasteiger partial charge >= 0.3 is 6.09 Å². The van der Waals surface area contributed by atoms with Gasteiger partial charge in [-0.05, 0) is 87.3 Å². The van der Waals surface area contributed by atoms with E-state index in [1.807, 2.05) is 0 Å². The highest BCUT2D eigenvalue weighted by molar-refractivity contribution is 6.10. The summed E-state index contributed by atoms with van der Waals surface area (Å²) in [6.45, 7) is 3.75. The average Bonchev–Trinajstić information content (AvgIpc) is 3.57. The van der Waals surface area contributed by atoms with Gasteiger partial charge in [0.1, 0.15) is 11.3 Å². The lowest BCUT2D eigenvalue weighted by Gasteiger charge is -2.39. The second-order valence-corrected chi connectivity index (χ2v) is 10.1. The van der Waals surface area contributed by atoms with Crippen LogP contribution in [0.15, 0.2) is 52.9 Å². The van der Waals surface area contributed by atoms with Crippen LogP contribution in [0.25, 0.3) is 21.9 Å². The molecule has 2 aliphatic rings. The van der Waals surface area contributed by atoms with Gasteiger partial charge in [0.05, 0.1) is 5.69 Å². The van der Waals surface area contributed by atoms with E-state index >= 15 is 0 Å². The molecule has 2 aliphatic heterocycles. The third kappa shape index (κ3) is 4.89. The molecule has 9 nitrogen and oxygen atoms in total. The molecular weight excluding hydrogens is 484 g/mol. The van der Waals surface area contributed by atoms with E-state index in [4.69, 9.17) is 9.15 Å². The number of rotatable bonds is 6. The van der Waals surface area contributed by atoms with E-state index in [-0.39, 0.29) is 17.6 Å². The molecule has 0 spiro atoms. The lowest BCUT2D eigenvalue weighted by atomic mass is 10.0. The molecule has 38 heavy (non-hydrogen) atoms. The lowest BCUT2D eigenvalue weighted by molar-refractivity contribution is -0.105. The average molecular weight is 515 g/mol. The molecule has 0 aliphatic carbocycles. The van der Waals surface area contributed by atoms with Crippen molar-refractivity contribution in [2.45, 2.75) is 38.1 Å². The number of ketones is 1. The van der Waals surface area contributed by atoms with E-state index in [9.17, 15) is 14.4 Å². The molecule has 4 heterocycles. The maximum Gasteiger partial charge on any atom is 0.415 e. The minimum atomic E-state index is -0.334. The minimum absolute atomic E-state index is 0.189. The number of aromatic amines is 1. The predicted molar refractivity (Wildman–Crippen MR) is 144 cm³/mol. The number of H-pyrrole nitrogens is 1. The Labute approximate surface area is 219 Å². The van der Waals surface area contributed by atoms with E-state index in [2.05, 4.69) is 15.2 Å². The summed E-state index contributed by atoms with van der Waals surface area (Å²) in [5.74, 6) is 0.337. The zero-order valence-electron chi connectivity index (χ0n) is 21.1. The highest BCUT2D eigenvalue weighted by Crippen LogP contribution is 2.28. The van der Waals surface area contributed by atoms with Gasteiger partial charge in [0.2, 0.25) is 12.2 Å². The van der Waals surface area contributed by atoms with Crippen LogP contribution in [0.4, 0.5) is 10.5 Å². The fourth-order valence-electron chi connectivity index (χ4n) is 5.60. The molecule has 2 amide bonds. The molecular formula is C29H30N4O5. The smallest absolute Gasteiger partial charge is 0.415 e. The summed E-state index contributed by atoms with van der Waals surface area (Å²) < 4.78 is 11.4. The zero-order valence-corrected chi connectivity index (χ0v) is 21.1. The third-order valence-corrected chi connectivity index (χ3v) is 7.64. The summed E-state index contributed by atoms with van der Waals surface area (Å²) in [6, 6.07) is 14.4. The van der Waals surface area contributed by atoms with Crippen LogP contribution in [-0.4, -0.2) is 65.3 Å². The number of amides is 2. The van der Waals surface area contributed by atoms with Gasteiger partial charge in [-0.1, -0.05) is 6.42 Å². The van der Waals surface area contributed by atoms with E-state index in [0.29, 0.717) is 53.6 Å². The molecule has 0 saturated carbocycles. The fraction of sp³-hybridized carbons (Fsp3) is 0.345. The van der Waals surface area contributed by atoms with Crippen LogP contribution >= 0.6 is 0 Å². The molecule has 2 aromatic heterocycles. The number of hydrogen-bond acceptors (Lipinski definition) is 6. The highest BCUT2D eigenvalue weighted by Gasteiger charge is 2.28. The highest BCUT2D eigenvalue weighted by atomic mass is 16.6. The standard InChI is InChI=1S/C29H30N4O5/c34-18-30-21-4-7-26-20(14-21)17-27(38-26)28(35)25-16-19-15-23(5-6-24(19)31-25)37-29(36)33-12-8-22(9-13-33)32-10-2-1-3-11-32/h4-7,14-18,22,31H,1-3,8-13H2,(H,30,34). The van der Waals surface area contributed by atoms with Crippen molar-refractivity contribution >= 4 is 45.8 Å². The van der Waals surface area contributed by atoms with E-state index in [0.717, 1.165) is 23.7 Å². The molecule has 2 N–H and O–H groups in total. The normalized spacial score (nSPS) is 17.1. The van der Waals surface area contributed by atoms with Crippen LogP contribution in [0.5, 0.6) is 5.75 Å². The first kappa shape index (κ1) is 24.2. The van der Waals surface area contributed by atoms with Gasteiger partial charge in [0, 0.05) is 41.1 Å². The van der Waals surface area contributed by atoms with Crippen molar-refractivity contribution in [2.75, 3.05) is 31.5 Å². The Balaban J connectivity index is 1.11. The first-order valence-electron chi connectivity index (χ1n) is 13.2. The number of fused-ring (bicyclic) bond motifs is 2. The van der Waals surface area contributed by atoms with Gasteiger partial charge in [0.25, 0.3) is 0 Å². The van der Waals surface area contributed by atoms with Crippen LogP contribution in [-0.2, 0) is 4.79 Å². The van der Waals surface area contributed by atoms with Crippen LogP contribution in [0.2, 0.25) is 0 Å². The number of carbonyl (C=O) groups is 3. The summed E-state index contributed by atoms with van der Waals surface area (Å²) in [5, 5.41) is 4.06. The Hall–Kier alpha value is -4.11. The van der Waals surface area contributed by atoms with Gasteiger partial charge in [-0.15, -0.1) is 0 Å². The van der Waals surface area contributed by atoms with Crippen molar-refractivity contribution in [3.05, 3.63) is 60.0 Å². The Morgan fingerprint density at radius 3 is 2.55 bits per heavy atom. The molecule has 9 heteroatoms. The Morgan fingerprint density at radius 1 is 0.947 bits per heavy atom. The van der Waals surface area contributed by atoms with Crippen molar-refractivity contribution < 1.29 is 23.5 Å². The lowest BCUT2D eigenvalue weighted by Crippen LogP contribution is -2.48. The maximum absolute atomic E-state index is 13.1. The summed E-state index contributed by atoms with van der Waals surface area (Å²) in [4.78, 5) is 44.1. The van der Waals surface area contributed by atoms with E-state index in [1.54, 1.807) is 53.4 Å². The number of nitrogens with zero attached hydrogens (tertiary/aromatic N) is 2. The van der Waals surface area contributed by atoms with E-state index < -0.39 is 0 Å². The molecule has 0 bridgehead atoms. The number of likely N-dealkylation sites (tertiary alicyclic amines) is 2. The topological polar surface area (TPSA) is 108 Å². The number of piperidine rings is 2. The minimum Gasteiger partial charge on any atom is -0.453 e. The van der Waals surface area contributed by atoms with Crippen molar-refractivity contribution in [1.29, 1.82) is 0 Å². The van der Waals surface area contributed by atoms with Crippen LogP contribution in [0.3, 0.4) is 0 Å².